The number of benzene rings is 3. The molecule has 0 bridgehead atoms. The summed E-state index contributed by atoms with van der Waals surface area (Å²) >= 11 is 1.40. The number of thiophene rings is 1. The summed E-state index contributed by atoms with van der Waals surface area (Å²) in [5.74, 6) is 0. The van der Waals surface area contributed by atoms with Gasteiger partial charge in [0.1, 0.15) is 0 Å². The molecule has 0 radical (unpaired) electrons. The lowest BCUT2D eigenvalue weighted by Crippen LogP contribution is -2.09. The van der Waals surface area contributed by atoms with E-state index in [1.54, 1.807) is 5.38 Å². The standard InChI is InChI=1S/C20H14N2O2S/c23-22(24)19-14-25-20-13-17(11-12-18(19)20)21(15-7-3-1-4-8-15)16-9-5-2-6-10-16/h1-14H. The topological polar surface area (TPSA) is 46.4 Å². The molecule has 0 saturated carbocycles. The van der Waals surface area contributed by atoms with E-state index in [1.807, 2.05) is 78.9 Å². The van der Waals surface area contributed by atoms with Crippen LogP contribution >= 0.6 is 11.3 Å². The van der Waals surface area contributed by atoms with Gasteiger partial charge in [-0.1, -0.05) is 36.4 Å². The molecule has 0 aliphatic heterocycles. The van der Waals surface area contributed by atoms with Crippen LogP contribution in [-0.4, -0.2) is 4.92 Å². The van der Waals surface area contributed by atoms with Gasteiger partial charge in [-0.3, -0.25) is 10.1 Å². The lowest BCUT2D eigenvalue weighted by atomic mass is 10.1. The first kappa shape index (κ1) is 15.4. The van der Waals surface area contributed by atoms with Gasteiger partial charge in [0.2, 0.25) is 0 Å². The number of para-hydroxylation sites is 2. The Morgan fingerprint density at radius 3 is 1.96 bits per heavy atom. The highest BCUT2D eigenvalue weighted by Crippen LogP contribution is 2.39. The summed E-state index contributed by atoms with van der Waals surface area (Å²) in [6.07, 6.45) is 0. The molecule has 1 aromatic heterocycles. The summed E-state index contributed by atoms with van der Waals surface area (Å²) in [6.45, 7) is 0. The molecule has 4 nitrogen and oxygen atoms in total. The van der Waals surface area contributed by atoms with E-state index in [1.165, 1.54) is 11.3 Å². The Kier molecular flexibility index (Phi) is 3.91. The maximum atomic E-state index is 11.1. The van der Waals surface area contributed by atoms with Crippen LogP contribution in [0.15, 0.2) is 84.2 Å². The van der Waals surface area contributed by atoms with Crippen LogP contribution in [0.4, 0.5) is 22.7 Å². The fourth-order valence-corrected chi connectivity index (χ4v) is 3.82. The number of rotatable bonds is 4. The van der Waals surface area contributed by atoms with E-state index in [0.717, 1.165) is 21.8 Å². The van der Waals surface area contributed by atoms with Crippen molar-refractivity contribution in [1.82, 2.24) is 0 Å². The van der Waals surface area contributed by atoms with Crippen molar-refractivity contribution in [2.24, 2.45) is 0 Å². The molecule has 0 N–H and O–H groups in total. The lowest BCUT2D eigenvalue weighted by Gasteiger charge is -2.25. The summed E-state index contributed by atoms with van der Waals surface area (Å²) in [6, 6.07) is 25.9. The third kappa shape index (κ3) is 2.86. The van der Waals surface area contributed by atoms with Crippen LogP contribution in [-0.2, 0) is 0 Å². The number of anilines is 3. The Labute approximate surface area is 148 Å². The van der Waals surface area contributed by atoms with Gasteiger partial charge >= 0.3 is 0 Å². The lowest BCUT2D eigenvalue weighted by molar-refractivity contribution is -0.382. The van der Waals surface area contributed by atoms with Crippen LogP contribution in [0.2, 0.25) is 0 Å². The molecular formula is C20H14N2O2S. The van der Waals surface area contributed by atoms with Gasteiger partial charge in [0.05, 0.1) is 15.7 Å². The molecule has 4 aromatic rings. The number of hydrogen-bond donors (Lipinski definition) is 0. The van der Waals surface area contributed by atoms with Crippen LogP contribution < -0.4 is 4.90 Å². The van der Waals surface area contributed by atoms with Crippen molar-refractivity contribution < 1.29 is 4.92 Å². The smallest absolute Gasteiger partial charge is 0.287 e. The first-order valence-electron chi connectivity index (χ1n) is 7.80. The van der Waals surface area contributed by atoms with Gasteiger partial charge in [0.25, 0.3) is 5.69 Å². The Bertz CT molecular complexity index is 990. The van der Waals surface area contributed by atoms with E-state index in [2.05, 4.69) is 4.90 Å². The average molecular weight is 346 g/mol. The minimum absolute atomic E-state index is 0.164. The van der Waals surface area contributed by atoms with Crippen LogP contribution in [0.25, 0.3) is 10.1 Å². The first-order valence-corrected chi connectivity index (χ1v) is 8.68. The number of fused-ring (bicyclic) bond motifs is 1. The zero-order valence-corrected chi connectivity index (χ0v) is 14.0. The quantitative estimate of drug-likeness (QED) is 0.323. The van der Waals surface area contributed by atoms with Crippen molar-refractivity contribution in [2.45, 2.75) is 0 Å². The second-order valence-corrected chi connectivity index (χ2v) is 6.48. The number of hydrogen-bond acceptors (Lipinski definition) is 4. The molecule has 0 atom stereocenters. The molecule has 4 rings (SSSR count). The molecule has 0 fully saturated rings. The predicted molar refractivity (Wildman–Crippen MR) is 103 cm³/mol. The van der Waals surface area contributed by atoms with Crippen molar-refractivity contribution in [3.05, 3.63) is 94.4 Å². The van der Waals surface area contributed by atoms with Crippen molar-refractivity contribution >= 4 is 44.2 Å². The molecule has 1 heterocycles. The van der Waals surface area contributed by atoms with Gasteiger partial charge in [0.15, 0.2) is 0 Å². The Balaban J connectivity index is 1.88. The van der Waals surface area contributed by atoms with Crippen LogP contribution in [0.3, 0.4) is 0 Å². The van der Waals surface area contributed by atoms with Crippen LogP contribution in [0, 0.1) is 10.1 Å². The zero-order chi connectivity index (χ0) is 17.2. The van der Waals surface area contributed by atoms with Gasteiger partial charge in [-0.25, -0.2) is 0 Å². The molecule has 0 saturated heterocycles. The van der Waals surface area contributed by atoms with E-state index in [-0.39, 0.29) is 10.6 Å². The third-order valence-corrected chi connectivity index (χ3v) is 4.96. The molecule has 3 aromatic carbocycles. The van der Waals surface area contributed by atoms with Crippen molar-refractivity contribution in [1.29, 1.82) is 0 Å². The molecule has 0 spiro atoms. The monoisotopic (exact) mass is 346 g/mol. The van der Waals surface area contributed by atoms with Gasteiger partial charge in [-0.2, -0.15) is 0 Å². The minimum atomic E-state index is -0.329. The molecule has 0 aliphatic carbocycles. The van der Waals surface area contributed by atoms with E-state index in [0.29, 0.717) is 5.39 Å². The van der Waals surface area contributed by atoms with E-state index in [9.17, 15) is 10.1 Å². The number of nitrogens with zero attached hydrogens (tertiary/aromatic N) is 2. The SMILES string of the molecule is O=[N+]([O-])c1csc2cc(N(c3ccccc3)c3ccccc3)ccc12. The van der Waals surface area contributed by atoms with E-state index < -0.39 is 0 Å². The summed E-state index contributed by atoms with van der Waals surface area (Å²) in [5.41, 5.74) is 3.22. The van der Waals surface area contributed by atoms with Crippen molar-refractivity contribution in [3.63, 3.8) is 0 Å². The molecule has 0 aliphatic rings. The highest BCUT2D eigenvalue weighted by Gasteiger charge is 2.17. The van der Waals surface area contributed by atoms with Gasteiger partial charge in [0, 0.05) is 21.8 Å². The third-order valence-electron chi connectivity index (χ3n) is 4.02. The zero-order valence-electron chi connectivity index (χ0n) is 13.2. The van der Waals surface area contributed by atoms with Crippen LogP contribution in [0.5, 0.6) is 0 Å². The highest BCUT2D eigenvalue weighted by molar-refractivity contribution is 7.17. The van der Waals surface area contributed by atoms with Crippen LogP contribution in [0.1, 0.15) is 0 Å². The summed E-state index contributed by atoms with van der Waals surface area (Å²) in [5, 5.41) is 13.4. The number of nitro groups is 1. The molecule has 122 valence electrons. The summed E-state index contributed by atoms with van der Waals surface area (Å²) in [7, 11) is 0. The highest BCUT2D eigenvalue weighted by atomic mass is 32.1. The predicted octanol–water partition coefficient (Wildman–Crippen LogP) is 6.28. The minimum Gasteiger partial charge on any atom is -0.310 e. The second kappa shape index (κ2) is 6.37. The molecule has 25 heavy (non-hydrogen) atoms. The molecular weight excluding hydrogens is 332 g/mol. The first-order chi connectivity index (χ1) is 12.2. The van der Waals surface area contributed by atoms with Crippen molar-refractivity contribution in [3.8, 4) is 0 Å². The fraction of sp³-hybridized carbons (Fsp3) is 0. The average Bonchev–Trinajstić information content (AvgIpc) is 3.07. The normalized spacial score (nSPS) is 10.7. The van der Waals surface area contributed by atoms with Gasteiger partial charge < -0.3 is 4.90 Å². The van der Waals surface area contributed by atoms with E-state index >= 15 is 0 Å². The maximum Gasteiger partial charge on any atom is 0.287 e. The Hall–Kier alpha value is -3.18. The summed E-state index contributed by atoms with van der Waals surface area (Å²) < 4.78 is 0.904. The van der Waals surface area contributed by atoms with Gasteiger partial charge in [-0.15, -0.1) is 11.3 Å². The fourth-order valence-electron chi connectivity index (χ4n) is 2.88. The molecule has 0 amide bonds. The molecule has 5 heteroatoms. The van der Waals surface area contributed by atoms with E-state index in [4.69, 9.17) is 0 Å². The molecule has 0 unspecified atom stereocenters. The Morgan fingerprint density at radius 1 is 0.800 bits per heavy atom. The summed E-state index contributed by atoms with van der Waals surface area (Å²) in [4.78, 5) is 13.0. The van der Waals surface area contributed by atoms with Crippen molar-refractivity contribution in [2.75, 3.05) is 4.90 Å². The maximum absolute atomic E-state index is 11.1. The van der Waals surface area contributed by atoms with Gasteiger partial charge in [-0.05, 0) is 42.5 Å². The largest absolute Gasteiger partial charge is 0.310 e. The Morgan fingerprint density at radius 2 is 1.40 bits per heavy atom. The second-order valence-electron chi connectivity index (χ2n) is 5.57.